The van der Waals surface area contributed by atoms with Crippen molar-refractivity contribution in [2.24, 2.45) is 5.73 Å². The monoisotopic (exact) mass is 314 g/mol. The highest BCUT2D eigenvalue weighted by molar-refractivity contribution is 9.10. The van der Waals surface area contributed by atoms with Crippen LogP contribution >= 0.6 is 27.3 Å². The molecule has 1 heterocycles. The Kier molecular flexibility index (Phi) is 3.61. The zero-order valence-corrected chi connectivity index (χ0v) is 11.9. The summed E-state index contributed by atoms with van der Waals surface area (Å²) in [6.07, 6.45) is 0. The van der Waals surface area contributed by atoms with Gasteiger partial charge < -0.3 is 5.73 Å². The number of halogens is 2. The Morgan fingerprint density at radius 3 is 2.71 bits per heavy atom. The number of aromatic nitrogens is 1. The van der Waals surface area contributed by atoms with Crippen LogP contribution in [0, 0.1) is 12.7 Å². The molecular weight excluding hydrogens is 303 g/mol. The fraction of sp³-hybridized carbons (Fsp3) is 0.250. The third kappa shape index (κ3) is 2.56. The molecular formula is C12H12BrFN2S. The predicted molar refractivity (Wildman–Crippen MR) is 72.5 cm³/mol. The van der Waals surface area contributed by atoms with E-state index in [-0.39, 0.29) is 11.9 Å². The zero-order chi connectivity index (χ0) is 12.6. The Balaban J connectivity index is 2.46. The van der Waals surface area contributed by atoms with Crippen LogP contribution in [0.2, 0.25) is 0 Å². The molecule has 0 aliphatic heterocycles. The van der Waals surface area contributed by atoms with Crippen LogP contribution < -0.4 is 5.73 Å². The van der Waals surface area contributed by atoms with Crippen LogP contribution in [-0.4, -0.2) is 4.98 Å². The summed E-state index contributed by atoms with van der Waals surface area (Å²) in [6, 6.07) is 4.97. The van der Waals surface area contributed by atoms with E-state index in [2.05, 4.69) is 20.9 Å². The molecule has 0 saturated heterocycles. The number of aryl methyl sites for hydroxylation is 1. The molecule has 0 aliphatic rings. The van der Waals surface area contributed by atoms with Crippen molar-refractivity contribution in [1.82, 2.24) is 4.98 Å². The fourth-order valence-electron chi connectivity index (χ4n) is 1.58. The van der Waals surface area contributed by atoms with Gasteiger partial charge in [0.25, 0.3) is 0 Å². The molecule has 2 nitrogen and oxygen atoms in total. The van der Waals surface area contributed by atoms with Crippen LogP contribution in [0.3, 0.4) is 0 Å². The third-order valence-corrected chi connectivity index (χ3v) is 4.46. The van der Waals surface area contributed by atoms with Crippen molar-refractivity contribution < 1.29 is 4.39 Å². The van der Waals surface area contributed by atoms with E-state index in [0.717, 1.165) is 21.1 Å². The Bertz CT molecular complexity index is 551. The summed E-state index contributed by atoms with van der Waals surface area (Å²) in [7, 11) is 0. The summed E-state index contributed by atoms with van der Waals surface area (Å²) >= 11 is 4.65. The van der Waals surface area contributed by atoms with Crippen LogP contribution in [0.1, 0.15) is 23.5 Å². The van der Waals surface area contributed by atoms with Crippen molar-refractivity contribution >= 4 is 27.3 Å². The van der Waals surface area contributed by atoms with Gasteiger partial charge in [0.15, 0.2) is 0 Å². The summed E-state index contributed by atoms with van der Waals surface area (Å²) < 4.78 is 13.9. The number of benzene rings is 1. The molecule has 1 unspecified atom stereocenters. The summed E-state index contributed by atoms with van der Waals surface area (Å²) in [4.78, 5) is 5.47. The second-order valence-corrected chi connectivity index (χ2v) is 5.77. The van der Waals surface area contributed by atoms with Crippen molar-refractivity contribution in [2.75, 3.05) is 0 Å². The molecule has 17 heavy (non-hydrogen) atoms. The van der Waals surface area contributed by atoms with E-state index < -0.39 is 0 Å². The normalized spacial score (nSPS) is 12.8. The van der Waals surface area contributed by atoms with E-state index in [1.807, 2.05) is 19.9 Å². The first-order valence-corrected chi connectivity index (χ1v) is 6.78. The van der Waals surface area contributed by atoms with Crippen LogP contribution in [-0.2, 0) is 0 Å². The van der Waals surface area contributed by atoms with Crippen molar-refractivity contribution in [3.05, 3.63) is 39.1 Å². The Labute approximate surface area is 112 Å². The van der Waals surface area contributed by atoms with Crippen molar-refractivity contribution in [3.8, 4) is 10.6 Å². The van der Waals surface area contributed by atoms with Gasteiger partial charge in [-0.2, -0.15) is 0 Å². The number of nitrogens with zero attached hydrogens (tertiary/aromatic N) is 1. The summed E-state index contributed by atoms with van der Waals surface area (Å²) in [6.45, 7) is 3.85. The minimum absolute atomic E-state index is 0.0402. The fourth-order valence-corrected chi connectivity index (χ4v) is 2.84. The lowest BCUT2D eigenvalue weighted by atomic mass is 10.2. The maximum Gasteiger partial charge on any atom is 0.138 e. The molecule has 2 N–H and O–H groups in total. The maximum absolute atomic E-state index is 13.4. The molecule has 0 aliphatic carbocycles. The van der Waals surface area contributed by atoms with Gasteiger partial charge in [-0.05, 0) is 41.9 Å². The van der Waals surface area contributed by atoms with E-state index in [9.17, 15) is 4.39 Å². The van der Waals surface area contributed by atoms with Gasteiger partial charge in [-0.1, -0.05) is 6.07 Å². The summed E-state index contributed by atoms with van der Waals surface area (Å²) in [5.74, 6) is -0.280. The first kappa shape index (κ1) is 12.7. The smallest absolute Gasteiger partial charge is 0.138 e. The minimum atomic E-state index is -0.280. The van der Waals surface area contributed by atoms with Gasteiger partial charge in [0.05, 0.1) is 10.2 Å². The van der Waals surface area contributed by atoms with E-state index in [4.69, 9.17) is 5.73 Å². The van der Waals surface area contributed by atoms with Crippen molar-refractivity contribution in [3.63, 3.8) is 0 Å². The molecule has 2 rings (SSSR count). The van der Waals surface area contributed by atoms with E-state index in [1.54, 1.807) is 6.07 Å². The van der Waals surface area contributed by atoms with Gasteiger partial charge in [-0.15, -0.1) is 11.3 Å². The molecule has 0 fully saturated rings. The van der Waals surface area contributed by atoms with Crippen molar-refractivity contribution in [1.29, 1.82) is 0 Å². The molecule has 0 bridgehead atoms. The first-order chi connectivity index (χ1) is 7.99. The number of hydrogen-bond donors (Lipinski definition) is 1. The largest absolute Gasteiger partial charge is 0.323 e. The highest BCUT2D eigenvalue weighted by Crippen LogP contribution is 2.32. The molecule has 1 aromatic heterocycles. The average Bonchev–Trinajstić information content (AvgIpc) is 2.64. The lowest BCUT2D eigenvalue weighted by Gasteiger charge is -2.00. The molecule has 0 saturated carbocycles. The van der Waals surface area contributed by atoms with Crippen LogP contribution in [0.15, 0.2) is 22.7 Å². The lowest BCUT2D eigenvalue weighted by molar-refractivity contribution is 0.621. The van der Waals surface area contributed by atoms with E-state index >= 15 is 0 Å². The van der Waals surface area contributed by atoms with E-state index in [1.165, 1.54) is 17.4 Å². The topological polar surface area (TPSA) is 38.9 Å². The van der Waals surface area contributed by atoms with Gasteiger partial charge in [0, 0.05) is 16.5 Å². The molecule has 2 aromatic rings. The lowest BCUT2D eigenvalue weighted by Crippen LogP contribution is -2.03. The number of nitrogens with two attached hydrogens (primary N) is 1. The Hall–Kier alpha value is -0.780. The second kappa shape index (κ2) is 4.84. The SMILES string of the molecule is Cc1nc(-c2ccc(Br)c(F)c2)sc1C(C)N. The highest BCUT2D eigenvalue weighted by atomic mass is 79.9. The first-order valence-electron chi connectivity index (χ1n) is 5.17. The molecule has 0 amide bonds. The van der Waals surface area contributed by atoms with Crippen LogP contribution in [0.25, 0.3) is 10.6 Å². The summed E-state index contributed by atoms with van der Waals surface area (Å²) in [5, 5.41) is 0.807. The number of rotatable bonds is 2. The van der Waals surface area contributed by atoms with E-state index in [0.29, 0.717) is 4.47 Å². The zero-order valence-electron chi connectivity index (χ0n) is 9.50. The van der Waals surface area contributed by atoms with Gasteiger partial charge in [0.1, 0.15) is 10.8 Å². The summed E-state index contributed by atoms with van der Waals surface area (Å²) in [5.41, 5.74) is 7.55. The van der Waals surface area contributed by atoms with Crippen LogP contribution in [0.4, 0.5) is 4.39 Å². The quantitative estimate of drug-likeness (QED) is 0.908. The minimum Gasteiger partial charge on any atom is -0.323 e. The molecule has 1 aromatic carbocycles. The predicted octanol–water partition coefficient (Wildman–Crippen LogP) is 4.04. The van der Waals surface area contributed by atoms with Gasteiger partial charge >= 0.3 is 0 Å². The Morgan fingerprint density at radius 1 is 1.47 bits per heavy atom. The highest BCUT2D eigenvalue weighted by Gasteiger charge is 2.13. The standard InChI is InChI=1S/C12H12BrFN2S/c1-6(15)11-7(2)16-12(17-11)8-3-4-9(13)10(14)5-8/h3-6H,15H2,1-2H3. The van der Waals surface area contributed by atoms with Gasteiger partial charge in [-0.25, -0.2) is 9.37 Å². The number of thiazole rings is 1. The van der Waals surface area contributed by atoms with Crippen LogP contribution in [0.5, 0.6) is 0 Å². The van der Waals surface area contributed by atoms with Gasteiger partial charge in [-0.3, -0.25) is 0 Å². The van der Waals surface area contributed by atoms with Crippen molar-refractivity contribution in [2.45, 2.75) is 19.9 Å². The molecule has 0 spiro atoms. The second-order valence-electron chi connectivity index (χ2n) is 3.89. The third-order valence-electron chi connectivity index (χ3n) is 2.41. The number of hydrogen-bond acceptors (Lipinski definition) is 3. The molecule has 0 radical (unpaired) electrons. The molecule has 90 valence electrons. The maximum atomic E-state index is 13.4. The molecule has 1 atom stereocenters. The van der Waals surface area contributed by atoms with Gasteiger partial charge in [0.2, 0.25) is 0 Å². The Morgan fingerprint density at radius 2 is 2.18 bits per heavy atom. The average molecular weight is 315 g/mol. The molecule has 5 heteroatoms.